The van der Waals surface area contributed by atoms with Crippen molar-refractivity contribution >= 4 is 15.9 Å². The van der Waals surface area contributed by atoms with Crippen LogP contribution in [0.25, 0.3) is 11.3 Å². The molecule has 10 heteroatoms. The average Bonchev–Trinajstić information content (AvgIpc) is 3.29. The number of hydrogen-bond acceptors (Lipinski definition) is 6. The largest absolute Gasteiger partial charge is 0.497 e. The first-order chi connectivity index (χ1) is 17.2. The van der Waals surface area contributed by atoms with Gasteiger partial charge in [-0.15, -0.1) is 0 Å². The average molecular weight is 513 g/mol. The highest BCUT2D eigenvalue weighted by molar-refractivity contribution is 7.89. The summed E-state index contributed by atoms with van der Waals surface area (Å²) < 4.78 is 40.5. The van der Waals surface area contributed by atoms with E-state index in [1.807, 2.05) is 24.4 Å². The number of fused-ring (bicyclic) bond motifs is 1. The summed E-state index contributed by atoms with van der Waals surface area (Å²) in [5.74, 6) is 0.504. The summed E-state index contributed by atoms with van der Waals surface area (Å²) >= 11 is 0. The van der Waals surface area contributed by atoms with Gasteiger partial charge in [0.15, 0.2) is 0 Å². The van der Waals surface area contributed by atoms with Crippen LogP contribution < -0.4 is 4.74 Å². The lowest BCUT2D eigenvalue weighted by Gasteiger charge is -2.29. The van der Waals surface area contributed by atoms with Crippen LogP contribution in [0.1, 0.15) is 16.8 Å². The van der Waals surface area contributed by atoms with Crippen LogP contribution >= 0.6 is 0 Å². The number of benzene rings is 1. The zero-order valence-corrected chi connectivity index (χ0v) is 21.9. The number of aryl methyl sites for hydroxylation is 2. The molecule has 0 spiro atoms. The number of carbonyl (C=O) groups is 1. The van der Waals surface area contributed by atoms with Crippen molar-refractivity contribution in [2.75, 3.05) is 40.5 Å². The fourth-order valence-electron chi connectivity index (χ4n) is 4.54. The predicted molar refractivity (Wildman–Crippen MR) is 136 cm³/mol. The summed E-state index contributed by atoms with van der Waals surface area (Å²) in [4.78, 5) is 19.0. The van der Waals surface area contributed by atoms with Crippen LogP contribution in [-0.2, 0) is 32.6 Å². The summed E-state index contributed by atoms with van der Waals surface area (Å²) in [7, 11) is -0.639. The molecule has 0 radical (unpaired) electrons. The molecule has 1 aromatic carbocycles. The van der Waals surface area contributed by atoms with Crippen LogP contribution in [0.15, 0.2) is 53.7 Å². The third kappa shape index (κ3) is 5.30. The van der Waals surface area contributed by atoms with Gasteiger partial charge in [0.1, 0.15) is 12.4 Å². The monoisotopic (exact) mass is 512 g/mol. The minimum absolute atomic E-state index is 0.0926. The fourth-order valence-corrected chi connectivity index (χ4v) is 6.10. The zero-order chi connectivity index (χ0) is 25.9. The zero-order valence-electron chi connectivity index (χ0n) is 21.1. The molecule has 0 saturated carbocycles. The summed E-state index contributed by atoms with van der Waals surface area (Å²) in [5.41, 5.74) is 4.44. The van der Waals surface area contributed by atoms with Crippen molar-refractivity contribution in [2.24, 2.45) is 0 Å². The summed E-state index contributed by atoms with van der Waals surface area (Å²) in [6.45, 7) is 5.45. The lowest BCUT2D eigenvalue weighted by atomic mass is 10.1. The van der Waals surface area contributed by atoms with Crippen molar-refractivity contribution in [3.8, 4) is 17.0 Å². The van der Waals surface area contributed by atoms with Gasteiger partial charge in [-0.1, -0.05) is 0 Å². The van der Waals surface area contributed by atoms with Gasteiger partial charge in [-0.05, 0) is 61.4 Å². The Morgan fingerprint density at radius 3 is 2.56 bits per heavy atom. The van der Waals surface area contributed by atoms with Gasteiger partial charge in [0.25, 0.3) is 0 Å². The van der Waals surface area contributed by atoms with E-state index in [2.05, 4.69) is 15.6 Å². The van der Waals surface area contributed by atoms with Crippen molar-refractivity contribution in [3.63, 3.8) is 0 Å². The second-order valence-electron chi connectivity index (χ2n) is 8.89. The number of sulfonamides is 1. The molecule has 4 rings (SSSR count). The lowest BCUT2D eigenvalue weighted by molar-refractivity contribution is -0.137. The Bertz CT molecular complexity index is 1310. The van der Waals surface area contributed by atoms with E-state index in [1.54, 1.807) is 44.2 Å². The Balaban J connectivity index is 1.29. The number of aromatic nitrogens is 2. The minimum atomic E-state index is -3.71. The molecule has 0 aliphatic carbocycles. The molecule has 1 amide bonds. The molecule has 1 aliphatic rings. The highest BCUT2D eigenvalue weighted by atomic mass is 32.2. The van der Waals surface area contributed by atoms with E-state index in [4.69, 9.17) is 9.47 Å². The molecule has 9 nitrogen and oxygen atoms in total. The standard InChI is InChI=1S/C26H32N4O5S/c1-19-14-23(34-4)15-20(2)26(19)36(32,33)28(3)12-13-35-18-25(31)29-10-11-30-22(17-29)7-8-24(30)21-6-5-9-27-16-21/h5-9,14-16H,10-13,17-18H2,1-4H3. The second kappa shape index (κ2) is 10.8. The van der Waals surface area contributed by atoms with Crippen LogP contribution in [0.4, 0.5) is 0 Å². The summed E-state index contributed by atoms with van der Waals surface area (Å²) in [5, 5.41) is 0. The minimum Gasteiger partial charge on any atom is -0.497 e. The summed E-state index contributed by atoms with van der Waals surface area (Å²) in [6.07, 6.45) is 3.58. The topological polar surface area (TPSA) is 94.0 Å². The SMILES string of the molecule is COc1cc(C)c(S(=O)(=O)N(C)CCOCC(=O)N2CCn3c(ccc3-c3cccnc3)C2)c(C)c1. The first-order valence-electron chi connectivity index (χ1n) is 11.8. The van der Waals surface area contributed by atoms with E-state index >= 15 is 0 Å². The Morgan fingerprint density at radius 2 is 1.89 bits per heavy atom. The molecule has 0 atom stereocenters. The molecule has 36 heavy (non-hydrogen) atoms. The van der Waals surface area contributed by atoms with Crippen LogP contribution in [-0.4, -0.2) is 73.5 Å². The molecule has 0 fully saturated rings. The van der Waals surface area contributed by atoms with E-state index < -0.39 is 10.0 Å². The van der Waals surface area contributed by atoms with Crippen molar-refractivity contribution in [3.05, 3.63) is 65.6 Å². The molecule has 0 bridgehead atoms. The molecule has 192 valence electrons. The maximum Gasteiger partial charge on any atom is 0.248 e. The van der Waals surface area contributed by atoms with Gasteiger partial charge in [0.2, 0.25) is 15.9 Å². The van der Waals surface area contributed by atoms with Gasteiger partial charge in [0.05, 0.1) is 25.2 Å². The fraction of sp³-hybridized carbons (Fsp3) is 0.385. The van der Waals surface area contributed by atoms with E-state index in [0.29, 0.717) is 36.5 Å². The Kier molecular flexibility index (Phi) is 7.77. The molecule has 3 heterocycles. The number of ether oxygens (including phenoxy) is 2. The van der Waals surface area contributed by atoms with Crippen LogP contribution in [0, 0.1) is 13.8 Å². The highest BCUT2D eigenvalue weighted by Crippen LogP contribution is 2.28. The third-order valence-electron chi connectivity index (χ3n) is 6.44. The third-order valence-corrected chi connectivity index (χ3v) is 8.60. The number of nitrogens with zero attached hydrogens (tertiary/aromatic N) is 4. The lowest BCUT2D eigenvalue weighted by Crippen LogP contribution is -2.40. The van der Waals surface area contributed by atoms with Gasteiger partial charge in [-0.25, -0.2) is 8.42 Å². The number of carbonyl (C=O) groups excluding carboxylic acids is 1. The highest BCUT2D eigenvalue weighted by Gasteiger charge is 2.26. The van der Waals surface area contributed by atoms with E-state index in [-0.39, 0.29) is 30.6 Å². The van der Waals surface area contributed by atoms with Gasteiger partial charge in [-0.3, -0.25) is 9.78 Å². The van der Waals surface area contributed by atoms with Gasteiger partial charge in [-0.2, -0.15) is 4.31 Å². The van der Waals surface area contributed by atoms with E-state index in [0.717, 1.165) is 17.0 Å². The normalized spacial score (nSPS) is 13.6. The maximum absolute atomic E-state index is 13.1. The molecule has 0 N–H and O–H groups in total. The van der Waals surface area contributed by atoms with Gasteiger partial charge < -0.3 is 18.9 Å². The number of methoxy groups -OCH3 is 1. The number of hydrogen-bond donors (Lipinski definition) is 0. The number of rotatable bonds is 9. The predicted octanol–water partition coefficient (Wildman–Crippen LogP) is 2.86. The Labute approximate surface area is 212 Å². The van der Waals surface area contributed by atoms with Crippen LogP contribution in [0.5, 0.6) is 5.75 Å². The van der Waals surface area contributed by atoms with Crippen LogP contribution in [0.2, 0.25) is 0 Å². The van der Waals surface area contributed by atoms with Gasteiger partial charge >= 0.3 is 0 Å². The Morgan fingerprint density at radius 1 is 1.14 bits per heavy atom. The van der Waals surface area contributed by atoms with Crippen molar-refractivity contribution < 1.29 is 22.7 Å². The first-order valence-corrected chi connectivity index (χ1v) is 13.2. The summed E-state index contributed by atoms with van der Waals surface area (Å²) in [6, 6.07) is 11.4. The number of pyridine rings is 1. The Hall–Kier alpha value is -3.21. The molecule has 0 saturated heterocycles. The number of amides is 1. The van der Waals surface area contributed by atoms with Crippen molar-refractivity contribution in [1.82, 2.24) is 18.8 Å². The first kappa shape index (κ1) is 25.9. The van der Waals surface area contributed by atoms with Gasteiger partial charge in [0, 0.05) is 56.0 Å². The quantitative estimate of drug-likeness (QED) is 0.409. The molecule has 1 aliphatic heterocycles. The molecular weight excluding hydrogens is 480 g/mol. The second-order valence-corrected chi connectivity index (χ2v) is 10.9. The van der Waals surface area contributed by atoms with E-state index in [1.165, 1.54) is 11.4 Å². The maximum atomic E-state index is 13.1. The van der Waals surface area contributed by atoms with E-state index in [9.17, 15) is 13.2 Å². The molecule has 0 unspecified atom stereocenters. The molecule has 3 aromatic rings. The van der Waals surface area contributed by atoms with Crippen molar-refractivity contribution in [1.29, 1.82) is 0 Å². The smallest absolute Gasteiger partial charge is 0.248 e. The number of likely N-dealkylation sites (N-methyl/N-ethyl adjacent to an activating group) is 1. The molecular formula is C26H32N4O5S. The van der Waals surface area contributed by atoms with Crippen molar-refractivity contribution in [2.45, 2.75) is 31.8 Å². The van der Waals surface area contributed by atoms with Crippen LogP contribution in [0.3, 0.4) is 0 Å². The molecule has 2 aromatic heterocycles.